The van der Waals surface area contributed by atoms with Gasteiger partial charge in [-0.3, -0.25) is 4.79 Å². The summed E-state index contributed by atoms with van der Waals surface area (Å²) in [6, 6.07) is 10.0. The SMILES string of the molecule is CC(C)(C)CC(Br)CNC(=O)c1cc2ccccc2s1. The lowest BCUT2D eigenvalue weighted by atomic mass is 9.90. The fraction of sp³-hybridized carbons (Fsp3) is 0.438. The van der Waals surface area contributed by atoms with Gasteiger partial charge in [-0.05, 0) is 29.4 Å². The van der Waals surface area contributed by atoms with Gasteiger partial charge in [0, 0.05) is 16.1 Å². The van der Waals surface area contributed by atoms with Crippen LogP contribution >= 0.6 is 27.3 Å². The molecule has 0 aliphatic heterocycles. The van der Waals surface area contributed by atoms with Crippen molar-refractivity contribution in [1.82, 2.24) is 5.32 Å². The average Bonchev–Trinajstić information content (AvgIpc) is 2.77. The average molecular weight is 354 g/mol. The fourth-order valence-electron chi connectivity index (χ4n) is 2.12. The molecule has 2 rings (SSSR count). The summed E-state index contributed by atoms with van der Waals surface area (Å²) < 4.78 is 1.16. The Balaban J connectivity index is 1.95. The number of carbonyl (C=O) groups excluding carboxylic acids is 1. The van der Waals surface area contributed by atoms with Gasteiger partial charge in [-0.2, -0.15) is 0 Å². The minimum atomic E-state index is 0.0181. The van der Waals surface area contributed by atoms with Crippen LogP contribution in [0.15, 0.2) is 30.3 Å². The molecule has 0 fully saturated rings. The quantitative estimate of drug-likeness (QED) is 0.783. The van der Waals surface area contributed by atoms with Crippen LogP contribution in [0.4, 0.5) is 0 Å². The third-order valence-corrected chi connectivity index (χ3v) is 4.73. The van der Waals surface area contributed by atoms with Gasteiger partial charge in [0.15, 0.2) is 0 Å². The first-order chi connectivity index (χ1) is 9.35. The van der Waals surface area contributed by atoms with E-state index in [1.54, 1.807) is 11.3 Å². The Morgan fingerprint density at radius 2 is 2.05 bits per heavy atom. The van der Waals surface area contributed by atoms with E-state index in [4.69, 9.17) is 0 Å². The van der Waals surface area contributed by atoms with Crippen LogP contribution in [0.1, 0.15) is 36.9 Å². The van der Waals surface area contributed by atoms with Gasteiger partial charge in [-0.15, -0.1) is 11.3 Å². The minimum absolute atomic E-state index is 0.0181. The topological polar surface area (TPSA) is 29.1 Å². The molecule has 1 unspecified atom stereocenters. The minimum Gasteiger partial charge on any atom is -0.350 e. The van der Waals surface area contributed by atoms with Gasteiger partial charge in [-0.25, -0.2) is 0 Å². The van der Waals surface area contributed by atoms with Crippen molar-refractivity contribution in [2.45, 2.75) is 32.0 Å². The van der Waals surface area contributed by atoms with Gasteiger partial charge < -0.3 is 5.32 Å². The van der Waals surface area contributed by atoms with Crippen molar-refractivity contribution in [3.05, 3.63) is 35.2 Å². The molecular formula is C16H20BrNOS. The molecule has 1 aromatic heterocycles. The molecule has 2 nitrogen and oxygen atoms in total. The molecule has 0 spiro atoms. The summed E-state index contributed by atoms with van der Waals surface area (Å²) in [5.41, 5.74) is 0.260. The molecule has 1 heterocycles. The maximum absolute atomic E-state index is 12.2. The van der Waals surface area contributed by atoms with Crippen LogP contribution < -0.4 is 5.32 Å². The third-order valence-electron chi connectivity index (χ3n) is 2.97. The molecule has 0 saturated heterocycles. The number of halogens is 1. The zero-order chi connectivity index (χ0) is 14.8. The second-order valence-electron chi connectivity index (χ2n) is 6.22. The molecule has 108 valence electrons. The van der Waals surface area contributed by atoms with Crippen LogP contribution in [0.5, 0.6) is 0 Å². The van der Waals surface area contributed by atoms with Crippen LogP contribution in [-0.4, -0.2) is 17.3 Å². The number of hydrogen-bond donors (Lipinski definition) is 1. The number of rotatable bonds is 4. The molecular weight excluding hydrogens is 334 g/mol. The van der Waals surface area contributed by atoms with Gasteiger partial charge >= 0.3 is 0 Å². The van der Waals surface area contributed by atoms with Crippen molar-refractivity contribution in [3.8, 4) is 0 Å². The number of hydrogen-bond acceptors (Lipinski definition) is 2. The first-order valence-electron chi connectivity index (χ1n) is 6.76. The van der Waals surface area contributed by atoms with Gasteiger partial charge in [-0.1, -0.05) is 54.9 Å². The summed E-state index contributed by atoms with van der Waals surface area (Å²) >= 11 is 5.18. The molecule has 0 saturated carbocycles. The fourth-order valence-corrected chi connectivity index (χ4v) is 4.23. The first kappa shape index (κ1) is 15.5. The molecule has 2 aromatic rings. The van der Waals surface area contributed by atoms with Crippen LogP contribution in [0.2, 0.25) is 0 Å². The zero-order valence-corrected chi connectivity index (χ0v) is 14.5. The van der Waals surface area contributed by atoms with Crippen molar-refractivity contribution in [2.75, 3.05) is 6.54 Å². The number of nitrogens with one attached hydrogen (secondary N) is 1. The van der Waals surface area contributed by atoms with Crippen molar-refractivity contribution in [2.24, 2.45) is 5.41 Å². The van der Waals surface area contributed by atoms with Gasteiger partial charge in [0.1, 0.15) is 0 Å². The van der Waals surface area contributed by atoms with E-state index in [0.29, 0.717) is 11.4 Å². The highest BCUT2D eigenvalue weighted by atomic mass is 79.9. The summed E-state index contributed by atoms with van der Waals surface area (Å²) in [6.07, 6.45) is 1.03. The highest BCUT2D eigenvalue weighted by Crippen LogP contribution is 2.26. The Kier molecular flexibility index (Phi) is 4.86. The third kappa shape index (κ3) is 4.32. The van der Waals surface area contributed by atoms with E-state index in [0.717, 1.165) is 21.4 Å². The van der Waals surface area contributed by atoms with Crippen LogP contribution in [-0.2, 0) is 0 Å². The molecule has 0 aliphatic carbocycles. The second kappa shape index (κ2) is 6.27. The zero-order valence-electron chi connectivity index (χ0n) is 12.1. The monoisotopic (exact) mass is 353 g/mol. The standard InChI is InChI=1S/C16H20BrNOS/c1-16(2,3)9-12(17)10-18-15(19)14-8-11-6-4-5-7-13(11)20-14/h4-8,12H,9-10H2,1-3H3,(H,18,19). The first-order valence-corrected chi connectivity index (χ1v) is 8.49. The summed E-state index contributed by atoms with van der Waals surface area (Å²) in [5.74, 6) is 0.0181. The largest absolute Gasteiger partial charge is 0.350 e. The molecule has 1 atom stereocenters. The van der Waals surface area contributed by atoms with Crippen molar-refractivity contribution in [1.29, 1.82) is 0 Å². The summed E-state index contributed by atoms with van der Waals surface area (Å²) in [7, 11) is 0. The van der Waals surface area contributed by atoms with Gasteiger partial charge in [0.2, 0.25) is 0 Å². The number of thiophene rings is 1. The number of benzene rings is 1. The molecule has 20 heavy (non-hydrogen) atoms. The van der Waals surface area contributed by atoms with E-state index in [-0.39, 0.29) is 11.3 Å². The second-order valence-corrected chi connectivity index (χ2v) is 8.60. The van der Waals surface area contributed by atoms with Crippen LogP contribution in [0.25, 0.3) is 10.1 Å². The van der Waals surface area contributed by atoms with E-state index in [9.17, 15) is 4.79 Å². The van der Waals surface area contributed by atoms with E-state index in [1.807, 2.05) is 30.3 Å². The number of amides is 1. The highest BCUT2D eigenvalue weighted by molar-refractivity contribution is 9.09. The van der Waals surface area contributed by atoms with E-state index < -0.39 is 0 Å². The molecule has 1 aromatic carbocycles. The normalized spacial score (nSPS) is 13.4. The Hall–Kier alpha value is -0.870. The Labute approximate surface area is 132 Å². The lowest BCUT2D eigenvalue weighted by Crippen LogP contribution is -2.30. The van der Waals surface area contributed by atoms with Crippen LogP contribution in [0, 0.1) is 5.41 Å². The summed E-state index contributed by atoms with van der Waals surface area (Å²) in [5, 5.41) is 4.14. The van der Waals surface area contributed by atoms with E-state index >= 15 is 0 Å². The van der Waals surface area contributed by atoms with Crippen molar-refractivity contribution in [3.63, 3.8) is 0 Å². The van der Waals surface area contributed by atoms with Crippen LogP contribution in [0.3, 0.4) is 0 Å². The summed E-state index contributed by atoms with van der Waals surface area (Å²) in [6.45, 7) is 7.27. The highest BCUT2D eigenvalue weighted by Gasteiger charge is 2.18. The predicted octanol–water partition coefficient (Wildman–Crippen LogP) is 4.83. The Bertz CT molecular complexity index is 567. The maximum atomic E-state index is 12.2. The Morgan fingerprint density at radius 1 is 1.35 bits per heavy atom. The van der Waals surface area contributed by atoms with E-state index in [1.165, 1.54) is 0 Å². The maximum Gasteiger partial charge on any atom is 0.261 e. The molecule has 0 radical (unpaired) electrons. The van der Waals surface area contributed by atoms with Crippen molar-refractivity contribution >= 4 is 43.3 Å². The molecule has 1 amide bonds. The smallest absolute Gasteiger partial charge is 0.261 e. The van der Waals surface area contributed by atoms with Gasteiger partial charge in [0.05, 0.1) is 4.88 Å². The number of carbonyl (C=O) groups is 1. The number of alkyl halides is 1. The molecule has 0 aliphatic rings. The predicted molar refractivity (Wildman–Crippen MR) is 90.9 cm³/mol. The van der Waals surface area contributed by atoms with Gasteiger partial charge in [0.25, 0.3) is 5.91 Å². The number of fused-ring (bicyclic) bond motifs is 1. The van der Waals surface area contributed by atoms with Crippen molar-refractivity contribution < 1.29 is 4.79 Å². The molecule has 0 bridgehead atoms. The molecule has 1 N–H and O–H groups in total. The molecule has 4 heteroatoms. The van der Waals surface area contributed by atoms with E-state index in [2.05, 4.69) is 42.0 Å². The Morgan fingerprint density at radius 3 is 2.70 bits per heavy atom. The summed E-state index contributed by atoms with van der Waals surface area (Å²) in [4.78, 5) is 13.2. The lowest BCUT2D eigenvalue weighted by Gasteiger charge is -2.22. The lowest BCUT2D eigenvalue weighted by molar-refractivity contribution is 0.0956.